The van der Waals surface area contributed by atoms with Crippen LogP contribution in [-0.2, 0) is 14.3 Å². The molecule has 2 rings (SSSR count). The summed E-state index contributed by atoms with van der Waals surface area (Å²) in [7, 11) is 0. The lowest BCUT2D eigenvalue weighted by Gasteiger charge is -2.25. The van der Waals surface area contributed by atoms with Crippen molar-refractivity contribution in [2.45, 2.75) is 52.0 Å². The maximum absolute atomic E-state index is 12.7. The Kier molecular flexibility index (Phi) is 6.78. The molecule has 138 valence electrons. The zero-order valence-corrected chi connectivity index (χ0v) is 14.9. The highest BCUT2D eigenvalue weighted by Gasteiger charge is 2.30. The lowest BCUT2D eigenvalue weighted by Crippen LogP contribution is -2.48. The van der Waals surface area contributed by atoms with Gasteiger partial charge >= 0.3 is 0 Å². The highest BCUT2D eigenvalue weighted by atomic mass is 16.6. The number of carbonyl (C=O) groups excluding carboxylic acids is 2. The Bertz CT molecular complexity index is 606. The van der Waals surface area contributed by atoms with Gasteiger partial charge in [-0.05, 0) is 30.9 Å². The molecular weight excluding hydrogens is 322 g/mol. The number of para-hydroxylation sites is 2. The van der Waals surface area contributed by atoms with E-state index in [1.165, 1.54) is 6.92 Å². The number of amides is 2. The maximum atomic E-state index is 12.7. The number of aliphatic hydroxyl groups excluding tert-OH is 1. The highest BCUT2D eigenvalue weighted by Crippen LogP contribution is 2.23. The summed E-state index contributed by atoms with van der Waals surface area (Å²) in [6.45, 7) is 5.95. The summed E-state index contributed by atoms with van der Waals surface area (Å²) in [5, 5.41) is 18.6. The van der Waals surface area contributed by atoms with Crippen molar-refractivity contribution in [3.63, 3.8) is 0 Å². The first kappa shape index (κ1) is 19.2. The third-order valence-corrected chi connectivity index (χ3v) is 3.98. The fourth-order valence-corrected chi connectivity index (χ4v) is 2.80. The molecule has 1 fully saturated rings. The van der Waals surface area contributed by atoms with E-state index in [0.29, 0.717) is 36.7 Å². The Morgan fingerprint density at radius 3 is 2.52 bits per heavy atom. The lowest BCUT2D eigenvalue weighted by molar-refractivity contribution is -0.126. The van der Waals surface area contributed by atoms with Crippen molar-refractivity contribution in [3.05, 3.63) is 24.3 Å². The van der Waals surface area contributed by atoms with Gasteiger partial charge < -0.3 is 25.8 Å². The number of anilines is 2. The second-order valence-corrected chi connectivity index (χ2v) is 6.72. The molecule has 0 aliphatic carbocycles. The van der Waals surface area contributed by atoms with Gasteiger partial charge in [-0.2, -0.15) is 0 Å². The molecule has 0 saturated carbocycles. The molecule has 1 aliphatic rings. The van der Waals surface area contributed by atoms with E-state index in [0.717, 1.165) is 0 Å². The van der Waals surface area contributed by atoms with Crippen LogP contribution in [0, 0.1) is 5.92 Å². The van der Waals surface area contributed by atoms with Crippen LogP contribution in [0.2, 0.25) is 0 Å². The second-order valence-electron chi connectivity index (χ2n) is 6.72. The van der Waals surface area contributed by atoms with E-state index in [9.17, 15) is 14.7 Å². The molecule has 0 spiro atoms. The van der Waals surface area contributed by atoms with E-state index in [1.54, 1.807) is 6.07 Å². The van der Waals surface area contributed by atoms with Crippen molar-refractivity contribution in [3.8, 4) is 0 Å². The van der Waals surface area contributed by atoms with Crippen molar-refractivity contribution in [1.29, 1.82) is 0 Å². The summed E-state index contributed by atoms with van der Waals surface area (Å²) in [4.78, 5) is 24.1. The minimum Gasteiger partial charge on any atom is -0.372 e. The van der Waals surface area contributed by atoms with E-state index in [-0.39, 0.29) is 11.8 Å². The number of aliphatic hydroxyl groups is 1. The minimum absolute atomic E-state index is 0.176. The second kappa shape index (κ2) is 8.82. The van der Waals surface area contributed by atoms with E-state index < -0.39 is 18.4 Å². The first-order chi connectivity index (χ1) is 11.9. The molecule has 1 saturated heterocycles. The van der Waals surface area contributed by atoms with Crippen molar-refractivity contribution in [2.24, 2.45) is 5.92 Å². The van der Waals surface area contributed by atoms with Gasteiger partial charge in [0.15, 0.2) is 6.29 Å². The number of ether oxygens (including phenoxy) is 1. The molecular formula is C18H27N3O4. The molecule has 0 bridgehead atoms. The fourth-order valence-electron chi connectivity index (χ4n) is 2.80. The number of rotatable bonds is 7. The molecule has 0 radical (unpaired) electrons. The molecule has 7 nitrogen and oxygen atoms in total. The normalized spacial score (nSPS) is 21.0. The standard InChI is InChI=1S/C18H27N3O4/c1-11(2)10-16(17(23)21-15-8-9-25-18(15)24)20-14-7-5-4-6-13(14)19-12(3)22/h4-7,11,15-16,18,20,24H,8-10H2,1-3H3,(H,19,22)(H,21,23)/t15-,16-,18?/m0/s1. The van der Waals surface area contributed by atoms with Crippen molar-refractivity contribution in [2.75, 3.05) is 17.2 Å². The van der Waals surface area contributed by atoms with Crippen LogP contribution >= 0.6 is 0 Å². The first-order valence-electron chi connectivity index (χ1n) is 8.60. The van der Waals surface area contributed by atoms with Gasteiger partial charge in [-0.25, -0.2) is 0 Å². The predicted molar refractivity (Wildman–Crippen MR) is 96.1 cm³/mol. The number of nitrogens with one attached hydrogen (secondary N) is 3. The molecule has 1 aromatic rings. The third-order valence-electron chi connectivity index (χ3n) is 3.98. The van der Waals surface area contributed by atoms with Gasteiger partial charge in [0.25, 0.3) is 0 Å². The molecule has 1 heterocycles. The maximum Gasteiger partial charge on any atom is 0.242 e. The van der Waals surface area contributed by atoms with Crippen LogP contribution in [0.15, 0.2) is 24.3 Å². The van der Waals surface area contributed by atoms with E-state index in [4.69, 9.17) is 4.74 Å². The summed E-state index contributed by atoms with van der Waals surface area (Å²) < 4.78 is 5.08. The van der Waals surface area contributed by atoms with Crippen LogP contribution in [0.5, 0.6) is 0 Å². The lowest BCUT2D eigenvalue weighted by atomic mass is 10.0. The minimum atomic E-state index is -0.963. The molecule has 3 atom stereocenters. The van der Waals surface area contributed by atoms with E-state index >= 15 is 0 Å². The molecule has 7 heteroatoms. The highest BCUT2D eigenvalue weighted by molar-refractivity contribution is 5.93. The van der Waals surface area contributed by atoms with Gasteiger partial charge in [-0.1, -0.05) is 26.0 Å². The number of benzene rings is 1. The van der Waals surface area contributed by atoms with Gasteiger partial charge in [0, 0.05) is 6.92 Å². The summed E-state index contributed by atoms with van der Waals surface area (Å²) in [6, 6.07) is 6.38. The van der Waals surface area contributed by atoms with Gasteiger partial charge in [0.2, 0.25) is 11.8 Å². The average Bonchev–Trinajstić information content (AvgIpc) is 2.92. The fraction of sp³-hybridized carbons (Fsp3) is 0.556. The summed E-state index contributed by atoms with van der Waals surface area (Å²) in [6.07, 6.45) is 0.239. The van der Waals surface area contributed by atoms with Gasteiger partial charge in [-0.3, -0.25) is 9.59 Å². The Morgan fingerprint density at radius 1 is 1.28 bits per heavy atom. The first-order valence-corrected chi connectivity index (χ1v) is 8.60. The topological polar surface area (TPSA) is 99.7 Å². The number of carbonyl (C=O) groups is 2. The molecule has 1 aromatic carbocycles. The Morgan fingerprint density at radius 2 is 1.96 bits per heavy atom. The van der Waals surface area contributed by atoms with Crippen molar-refractivity contribution < 1.29 is 19.4 Å². The predicted octanol–water partition coefficient (Wildman–Crippen LogP) is 1.70. The summed E-state index contributed by atoms with van der Waals surface area (Å²) >= 11 is 0. The Labute approximate surface area is 148 Å². The van der Waals surface area contributed by atoms with Gasteiger partial charge in [0.1, 0.15) is 6.04 Å². The van der Waals surface area contributed by atoms with Crippen LogP contribution < -0.4 is 16.0 Å². The average molecular weight is 349 g/mol. The Balaban J connectivity index is 2.12. The van der Waals surface area contributed by atoms with E-state index in [2.05, 4.69) is 16.0 Å². The van der Waals surface area contributed by atoms with Crippen LogP contribution in [0.3, 0.4) is 0 Å². The van der Waals surface area contributed by atoms with Crippen molar-refractivity contribution in [1.82, 2.24) is 5.32 Å². The Hall–Kier alpha value is -2.12. The molecule has 25 heavy (non-hydrogen) atoms. The van der Waals surface area contributed by atoms with E-state index in [1.807, 2.05) is 32.0 Å². The molecule has 1 unspecified atom stereocenters. The summed E-state index contributed by atoms with van der Waals surface area (Å²) in [5.41, 5.74) is 1.31. The number of hydrogen-bond acceptors (Lipinski definition) is 5. The smallest absolute Gasteiger partial charge is 0.242 e. The zero-order chi connectivity index (χ0) is 18.4. The molecule has 2 amide bonds. The van der Waals surface area contributed by atoms with Gasteiger partial charge in [-0.15, -0.1) is 0 Å². The summed E-state index contributed by atoms with van der Waals surface area (Å²) in [5.74, 6) is -0.0767. The quantitative estimate of drug-likeness (QED) is 0.600. The number of hydrogen-bond donors (Lipinski definition) is 4. The largest absolute Gasteiger partial charge is 0.372 e. The van der Waals surface area contributed by atoms with Crippen LogP contribution in [0.25, 0.3) is 0 Å². The zero-order valence-electron chi connectivity index (χ0n) is 14.9. The van der Waals surface area contributed by atoms with Crippen LogP contribution in [-0.4, -0.2) is 41.9 Å². The van der Waals surface area contributed by atoms with Crippen LogP contribution in [0.4, 0.5) is 11.4 Å². The molecule has 0 aromatic heterocycles. The molecule has 4 N–H and O–H groups in total. The molecule has 1 aliphatic heterocycles. The van der Waals surface area contributed by atoms with Gasteiger partial charge in [0.05, 0.1) is 24.0 Å². The monoisotopic (exact) mass is 349 g/mol. The van der Waals surface area contributed by atoms with Crippen LogP contribution in [0.1, 0.15) is 33.6 Å². The SMILES string of the molecule is CC(=O)Nc1ccccc1N[C@@H](CC(C)C)C(=O)N[C@H]1CCOC1O. The third kappa shape index (κ3) is 5.72. The van der Waals surface area contributed by atoms with Crippen molar-refractivity contribution >= 4 is 23.2 Å².